The standard InChI is InChI=1S/C18H21N3O3/c1-13-18(24)19-10-12-20(13)17(23)9-6-14-4-7-15(8-5-14)21-11-2-3-16(21)22/h4-9,13H,2-3,10-12H2,1H3,(H,19,24). The second-order valence-electron chi connectivity index (χ2n) is 6.07. The second-order valence-corrected chi connectivity index (χ2v) is 6.07. The molecule has 3 amide bonds. The van der Waals surface area contributed by atoms with Crippen LogP contribution in [-0.4, -0.2) is 48.3 Å². The van der Waals surface area contributed by atoms with Gasteiger partial charge in [0.2, 0.25) is 17.7 Å². The number of piperazine rings is 1. The van der Waals surface area contributed by atoms with E-state index in [1.807, 2.05) is 24.3 Å². The molecule has 2 saturated heterocycles. The molecule has 1 N–H and O–H groups in total. The zero-order valence-corrected chi connectivity index (χ0v) is 13.7. The second kappa shape index (κ2) is 6.86. The van der Waals surface area contributed by atoms with Crippen LogP contribution in [0.4, 0.5) is 5.69 Å². The molecule has 1 atom stereocenters. The summed E-state index contributed by atoms with van der Waals surface area (Å²) < 4.78 is 0. The molecular formula is C18H21N3O3. The van der Waals surface area contributed by atoms with Crippen molar-refractivity contribution in [2.24, 2.45) is 0 Å². The number of hydrogen-bond acceptors (Lipinski definition) is 3. The van der Waals surface area contributed by atoms with Gasteiger partial charge in [-0.1, -0.05) is 12.1 Å². The normalized spacial score (nSPS) is 21.5. The van der Waals surface area contributed by atoms with Crippen LogP contribution in [0, 0.1) is 0 Å². The van der Waals surface area contributed by atoms with Gasteiger partial charge in [0.15, 0.2) is 0 Å². The van der Waals surface area contributed by atoms with Crippen molar-refractivity contribution in [3.05, 3.63) is 35.9 Å². The van der Waals surface area contributed by atoms with E-state index in [2.05, 4.69) is 5.32 Å². The number of carbonyl (C=O) groups is 3. The zero-order chi connectivity index (χ0) is 17.1. The molecule has 0 saturated carbocycles. The van der Waals surface area contributed by atoms with Gasteiger partial charge in [0, 0.05) is 37.8 Å². The molecule has 2 heterocycles. The van der Waals surface area contributed by atoms with Gasteiger partial charge in [0.05, 0.1) is 0 Å². The maximum absolute atomic E-state index is 12.3. The van der Waals surface area contributed by atoms with Gasteiger partial charge in [0.1, 0.15) is 6.04 Å². The number of anilines is 1. The number of amides is 3. The van der Waals surface area contributed by atoms with Crippen molar-refractivity contribution in [1.29, 1.82) is 0 Å². The van der Waals surface area contributed by atoms with Gasteiger partial charge < -0.3 is 15.1 Å². The SMILES string of the molecule is CC1C(=O)NCCN1C(=O)C=Cc1ccc(N2CCCC2=O)cc1. The minimum Gasteiger partial charge on any atom is -0.353 e. The molecule has 1 unspecified atom stereocenters. The first-order valence-electron chi connectivity index (χ1n) is 8.23. The Morgan fingerprint density at radius 1 is 1.21 bits per heavy atom. The summed E-state index contributed by atoms with van der Waals surface area (Å²) in [6.45, 7) is 3.50. The maximum atomic E-state index is 12.3. The van der Waals surface area contributed by atoms with E-state index in [0.29, 0.717) is 19.5 Å². The predicted octanol–water partition coefficient (Wildman–Crippen LogP) is 1.17. The largest absolute Gasteiger partial charge is 0.353 e. The minimum atomic E-state index is -0.445. The molecule has 2 aliphatic heterocycles. The Kier molecular flexibility index (Phi) is 4.64. The van der Waals surface area contributed by atoms with E-state index >= 15 is 0 Å². The van der Waals surface area contributed by atoms with Crippen molar-refractivity contribution in [3.63, 3.8) is 0 Å². The van der Waals surface area contributed by atoms with Crippen LogP contribution in [0.5, 0.6) is 0 Å². The van der Waals surface area contributed by atoms with Gasteiger partial charge in [-0.05, 0) is 37.1 Å². The Labute approximate surface area is 141 Å². The Morgan fingerprint density at radius 3 is 2.62 bits per heavy atom. The van der Waals surface area contributed by atoms with Crippen LogP contribution < -0.4 is 10.2 Å². The first kappa shape index (κ1) is 16.2. The van der Waals surface area contributed by atoms with E-state index in [1.54, 1.807) is 22.8 Å². The van der Waals surface area contributed by atoms with Crippen LogP contribution in [0.2, 0.25) is 0 Å². The van der Waals surface area contributed by atoms with Crippen LogP contribution in [-0.2, 0) is 14.4 Å². The van der Waals surface area contributed by atoms with Crippen LogP contribution in [0.1, 0.15) is 25.3 Å². The van der Waals surface area contributed by atoms with Crippen molar-refractivity contribution < 1.29 is 14.4 Å². The Bertz CT molecular complexity index is 681. The summed E-state index contributed by atoms with van der Waals surface area (Å²) in [4.78, 5) is 38.9. The summed E-state index contributed by atoms with van der Waals surface area (Å²) in [5, 5.41) is 2.74. The fourth-order valence-corrected chi connectivity index (χ4v) is 3.03. The average molecular weight is 327 g/mol. The maximum Gasteiger partial charge on any atom is 0.247 e. The summed E-state index contributed by atoms with van der Waals surface area (Å²) >= 11 is 0. The lowest BCUT2D eigenvalue weighted by molar-refractivity contribution is -0.139. The van der Waals surface area contributed by atoms with Crippen LogP contribution in [0.15, 0.2) is 30.3 Å². The third-order valence-corrected chi connectivity index (χ3v) is 4.48. The third kappa shape index (κ3) is 3.32. The van der Waals surface area contributed by atoms with Crippen LogP contribution in [0.25, 0.3) is 6.08 Å². The summed E-state index contributed by atoms with van der Waals surface area (Å²) in [5.74, 6) is -0.135. The number of nitrogens with zero attached hydrogens (tertiary/aromatic N) is 2. The molecule has 3 rings (SSSR count). The first-order valence-corrected chi connectivity index (χ1v) is 8.23. The summed E-state index contributed by atoms with van der Waals surface area (Å²) in [5.41, 5.74) is 1.77. The van der Waals surface area contributed by atoms with E-state index in [9.17, 15) is 14.4 Å². The van der Waals surface area contributed by atoms with Gasteiger partial charge in [0.25, 0.3) is 0 Å². The molecule has 0 aliphatic carbocycles. The van der Waals surface area contributed by atoms with E-state index in [-0.39, 0.29) is 17.7 Å². The summed E-state index contributed by atoms with van der Waals surface area (Å²) in [6, 6.07) is 7.11. The summed E-state index contributed by atoms with van der Waals surface area (Å²) in [6.07, 6.45) is 4.73. The number of rotatable bonds is 3. The summed E-state index contributed by atoms with van der Waals surface area (Å²) in [7, 11) is 0. The quantitative estimate of drug-likeness (QED) is 0.848. The molecule has 0 radical (unpaired) electrons. The molecule has 1 aromatic rings. The lowest BCUT2D eigenvalue weighted by atomic mass is 10.1. The van der Waals surface area contributed by atoms with E-state index in [1.165, 1.54) is 6.08 Å². The molecule has 126 valence electrons. The Balaban J connectivity index is 1.65. The van der Waals surface area contributed by atoms with Crippen molar-refractivity contribution in [3.8, 4) is 0 Å². The minimum absolute atomic E-state index is 0.123. The molecule has 0 spiro atoms. The fourth-order valence-electron chi connectivity index (χ4n) is 3.03. The van der Waals surface area contributed by atoms with Gasteiger partial charge in [-0.15, -0.1) is 0 Å². The van der Waals surface area contributed by atoms with E-state index in [4.69, 9.17) is 0 Å². The topological polar surface area (TPSA) is 69.7 Å². The highest BCUT2D eigenvalue weighted by molar-refractivity contribution is 5.97. The molecule has 0 bridgehead atoms. The lowest BCUT2D eigenvalue weighted by Gasteiger charge is -2.31. The van der Waals surface area contributed by atoms with Crippen LogP contribution >= 0.6 is 0 Å². The van der Waals surface area contributed by atoms with Gasteiger partial charge in [-0.3, -0.25) is 14.4 Å². The number of nitrogens with one attached hydrogen (secondary N) is 1. The molecule has 24 heavy (non-hydrogen) atoms. The van der Waals surface area contributed by atoms with E-state index in [0.717, 1.165) is 24.2 Å². The van der Waals surface area contributed by atoms with Gasteiger partial charge in [-0.25, -0.2) is 0 Å². The zero-order valence-electron chi connectivity index (χ0n) is 13.7. The molecule has 6 nitrogen and oxygen atoms in total. The van der Waals surface area contributed by atoms with E-state index < -0.39 is 6.04 Å². The molecule has 6 heteroatoms. The molecule has 2 aliphatic rings. The number of hydrogen-bond donors (Lipinski definition) is 1. The highest BCUT2D eigenvalue weighted by Gasteiger charge is 2.27. The van der Waals surface area contributed by atoms with Gasteiger partial charge in [-0.2, -0.15) is 0 Å². The monoisotopic (exact) mass is 327 g/mol. The van der Waals surface area contributed by atoms with Crippen molar-refractivity contribution >= 4 is 29.5 Å². The van der Waals surface area contributed by atoms with Crippen molar-refractivity contribution in [1.82, 2.24) is 10.2 Å². The van der Waals surface area contributed by atoms with Crippen molar-refractivity contribution in [2.45, 2.75) is 25.8 Å². The molecule has 0 aromatic heterocycles. The third-order valence-electron chi connectivity index (χ3n) is 4.48. The first-order chi connectivity index (χ1) is 11.6. The number of carbonyl (C=O) groups excluding carboxylic acids is 3. The molecular weight excluding hydrogens is 306 g/mol. The lowest BCUT2D eigenvalue weighted by Crippen LogP contribution is -2.55. The highest BCUT2D eigenvalue weighted by Crippen LogP contribution is 2.22. The van der Waals surface area contributed by atoms with Crippen molar-refractivity contribution in [2.75, 3.05) is 24.5 Å². The Morgan fingerprint density at radius 2 is 1.96 bits per heavy atom. The van der Waals surface area contributed by atoms with Gasteiger partial charge >= 0.3 is 0 Å². The highest BCUT2D eigenvalue weighted by atomic mass is 16.2. The number of benzene rings is 1. The smallest absolute Gasteiger partial charge is 0.247 e. The molecule has 2 fully saturated rings. The fraction of sp³-hybridized carbons (Fsp3) is 0.389. The predicted molar refractivity (Wildman–Crippen MR) is 91.2 cm³/mol. The average Bonchev–Trinajstić information content (AvgIpc) is 3.02. The Hall–Kier alpha value is -2.63. The molecule has 1 aromatic carbocycles. The van der Waals surface area contributed by atoms with Crippen LogP contribution in [0.3, 0.4) is 0 Å².